The van der Waals surface area contributed by atoms with Gasteiger partial charge < -0.3 is 23.9 Å². The number of fused-ring (bicyclic) bond motifs is 1. The number of carbonyl (C=O) groups is 2. The third-order valence-corrected chi connectivity index (χ3v) is 10.3. The molecule has 5 aromatic rings. The maximum absolute atomic E-state index is 13.5. The zero-order chi connectivity index (χ0) is 35.5. The summed E-state index contributed by atoms with van der Waals surface area (Å²) in [5, 5.41) is 10.5. The van der Waals surface area contributed by atoms with Crippen LogP contribution < -0.4 is 9.64 Å². The Morgan fingerprint density at radius 2 is 1.63 bits per heavy atom. The van der Waals surface area contributed by atoms with Crippen LogP contribution in [0.25, 0.3) is 11.0 Å². The highest BCUT2D eigenvalue weighted by molar-refractivity contribution is 6.20. The first-order valence-electron chi connectivity index (χ1n) is 17.8. The number of piperidine rings is 1. The van der Waals surface area contributed by atoms with E-state index >= 15 is 0 Å². The highest BCUT2D eigenvalue weighted by atomic mass is 16.6. The number of nitrogens with zero attached hydrogens (tertiary/aromatic N) is 4. The van der Waals surface area contributed by atoms with Crippen molar-refractivity contribution in [3.8, 4) is 5.75 Å². The average molecular weight is 689 g/mol. The van der Waals surface area contributed by atoms with Crippen molar-refractivity contribution in [1.82, 2.24) is 14.5 Å². The molecular formula is C41H44N4O6. The highest BCUT2D eigenvalue weighted by Gasteiger charge is 2.41. The molecule has 1 N–H and O–H groups in total. The van der Waals surface area contributed by atoms with Crippen LogP contribution in [0.15, 0.2) is 91.4 Å². The van der Waals surface area contributed by atoms with Gasteiger partial charge in [0.05, 0.1) is 31.8 Å². The Bertz CT molecular complexity index is 1950. The summed E-state index contributed by atoms with van der Waals surface area (Å²) < 4.78 is 21.3. The molecule has 0 spiro atoms. The fourth-order valence-corrected chi connectivity index (χ4v) is 7.64. The quantitative estimate of drug-likeness (QED) is 0.110. The number of rotatable bonds is 12. The zero-order valence-corrected chi connectivity index (χ0v) is 29.3. The van der Waals surface area contributed by atoms with Crippen LogP contribution in [0.5, 0.6) is 5.75 Å². The second-order valence-corrected chi connectivity index (χ2v) is 13.4. The minimum absolute atomic E-state index is 0.0523. The van der Waals surface area contributed by atoms with Crippen LogP contribution in [0, 0.1) is 12.8 Å². The summed E-state index contributed by atoms with van der Waals surface area (Å²) in [6.45, 7) is 4.25. The fourth-order valence-electron chi connectivity index (χ4n) is 7.64. The molecule has 2 aliphatic heterocycles. The molecule has 2 aliphatic rings. The molecule has 10 nitrogen and oxygen atoms in total. The van der Waals surface area contributed by atoms with Gasteiger partial charge in [0, 0.05) is 18.5 Å². The topological polar surface area (TPSA) is 116 Å². The van der Waals surface area contributed by atoms with Gasteiger partial charge in [-0.05, 0) is 72.6 Å². The van der Waals surface area contributed by atoms with Gasteiger partial charge in [-0.25, -0.2) is 14.9 Å². The van der Waals surface area contributed by atoms with E-state index in [1.165, 1.54) is 11.2 Å². The normalized spacial score (nSPS) is 20.5. The molecule has 0 saturated carbocycles. The van der Waals surface area contributed by atoms with Gasteiger partial charge in [-0.3, -0.25) is 9.59 Å². The molecule has 4 atom stereocenters. The second-order valence-electron chi connectivity index (χ2n) is 13.4. The van der Waals surface area contributed by atoms with Crippen molar-refractivity contribution in [2.75, 3.05) is 18.6 Å². The first-order valence-corrected chi connectivity index (χ1v) is 17.8. The smallest absolute Gasteiger partial charge is 0.238 e. The molecule has 0 radical (unpaired) electrons. The lowest BCUT2D eigenvalue weighted by atomic mass is 9.79. The summed E-state index contributed by atoms with van der Waals surface area (Å²) in [4.78, 5) is 37.0. The number of aromatic nitrogens is 3. The number of aryl methyl sites for hydroxylation is 1. The van der Waals surface area contributed by atoms with Gasteiger partial charge >= 0.3 is 0 Å². The Labute approximate surface area is 298 Å². The van der Waals surface area contributed by atoms with Gasteiger partial charge in [0.15, 0.2) is 5.82 Å². The number of amides is 2. The van der Waals surface area contributed by atoms with Crippen LogP contribution in [0.2, 0.25) is 0 Å². The maximum Gasteiger partial charge on any atom is 0.238 e. The second kappa shape index (κ2) is 14.8. The Morgan fingerprint density at radius 1 is 0.922 bits per heavy atom. The number of hydrogen-bond acceptors (Lipinski definition) is 8. The fraction of sp³-hybridized carbons (Fsp3) is 0.366. The Hall–Kier alpha value is -4.90. The van der Waals surface area contributed by atoms with Crippen LogP contribution in [-0.4, -0.2) is 51.3 Å². The lowest BCUT2D eigenvalue weighted by Gasteiger charge is -2.37. The Balaban J connectivity index is 1.19. The van der Waals surface area contributed by atoms with Gasteiger partial charge in [0.2, 0.25) is 11.8 Å². The Kier molecular flexibility index (Phi) is 9.99. The largest absolute Gasteiger partial charge is 0.497 e. The maximum atomic E-state index is 13.5. The predicted octanol–water partition coefficient (Wildman–Crippen LogP) is 7.00. The summed E-state index contributed by atoms with van der Waals surface area (Å²) in [5.41, 5.74) is 4.14. The lowest BCUT2D eigenvalue weighted by molar-refractivity contribution is -0.132. The summed E-state index contributed by atoms with van der Waals surface area (Å²) in [5.74, 6) is 0.504. The predicted molar refractivity (Wildman–Crippen MR) is 193 cm³/mol. The Morgan fingerprint density at radius 3 is 2.31 bits per heavy atom. The molecule has 0 bridgehead atoms. The molecule has 51 heavy (non-hydrogen) atoms. The molecule has 2 amide bonds. The van der Waals surface area contributed by atoms with E-state index in [9.17, 15) is 14.7 Å². The van der Waals surface area contributed by atoms with E-state index in [1.54, 1.807) is 7.11 Å². The SMILES string of the molecule is CCCC1CCC(=O)N(c2ncnc3c2c(C)cn3[C@H]2CC[C@@H](COC(c3ccccc3)(c3ccc(CO)cc3)c3ccc(OC)cc3)O2)C1=O. The van der Waals surface area contributed by atoms with Crippen molar-refractivity contribution in [2.24, 2.45) is 5.92 Å². The minimum Gasteiger partial charge on any atom is -0.497 e. The molecule has 0 aliphatic carbocycles. The summed E-state index contributed by atoms with van der Waals surface area (Å²) in [6.07, 6.45) is 6.85. The van der Waals surface area contributed by atoms with E-state index in [0.29, 0.717) is 36.3 Å². The monoisotopic (exact) mass is 688 g/mol. The number of ether oxygens (including phenoxy) is 3. The van der Waals surface area contributed by atoms with E-state index in [2.05, 4.69) is 29.0 Å². The van der Waals surface area contributed by atoms with Crippen molar-refractivity contribution < 1.29 is 28.9 Å². The van der Waals surface area contributed by atoms with E-state index in [1.807, 2.05) is 84.4 Å². The molecule has 2 unspecified atom stereocenters. The highest BCUT2D eigenvalue weighted by Crippen LogP contribution is 2.43. The van der Waals surface area contributed by atoms with E-state index < -0.39 is 5.60 Å². The van der Waals surface area contributed by atoms with Gasteiger partial charge in [0.1, 0.15) is 29.6 Å². The van der Waals surface area contributed by atoms with E-state index in [-0.39, 0.29) is 36.7 Å². The molecule has 7 rings (SSSR count). The number of methoxy groups -OCH3 is 1. The van der Waals surface area contributed by atoms with Gasteiger partial charge in [0.25, 0.3) is 0 Å². The van der Waals surface area contributed by atoms with Crippen molar-refractivity contribution in [1.29, 1.82) is 0 Å². The zero-order valence-electron chi connectivity index (χ0n) is 29.3. The third kappa shape index (κ3) is 6.44. The van der Waals surface area contributed by atoms with Crippen LogP contribution in [0.3, 0.4) is 0 Å². The molecule has 2 fully saturated rings. The van der Waals surface area contributed by atoms with E-state index in [4.69, 9.17) is 14.2 Å². The standard InChI is InChI=1S/C41H44N4O6/c1-4-8-29-13-21-35(47)45(40(29)48)39-37-27(2)23-44(38(37)42-26-43-39)36-22-20-34(51-36)25-50-41(30-9-6-5-7-10-30,31-14-11-28(24-46)12-15-31)32-16-18-33(49-3)19-17-32/h5-7,9-12,14-19,23,26,29,34,36,46H,4,8,13,20-22,24-25H2,1-3H3/t29?,34-,36+,41?/m0/s1. The first kappa shape index (κ1) is 34.5. The molecule has 3 aromatic carbocycles. The van der Waals surface area contributed by atoms with Crippen molar-refractivity contribution >= 4 is 28.7 Å². The van der Waals surface area contributed by atoms with Crippen LogP contribution in [0.1, 0.15) is 79.5 Å². The minimum atomic E-state index is -0.981. The number of aliphatic hydroxyl groups is 1. The van der Waals surface area contributed by atoms with Crippen LogP contribution in [-0.2, 0) is 31.3 Å². The van der Waals surface area contributed by atoms with Crippen LogP contribution in [0.4, 0.5) is 5.82 Å². The van der Waals surface area contributed by atoms with Crippen LogP contribution >= 0.6 is 0 Å². The number of hydrogen-bond donors (Lipinski definition) is 1. The molecule has 264 valence electrons. The number of aliphatic hydroxyl groups excluding tert-OH is 1. The van der Waals surface area contributed by atoms with Gasteiger partial charge in [-0.15, -0.1) is 0 Å². The van der Waals surface area contributed by atoms with Crippen molar-refractivity contribution in [3.05, 3.63) is 119 Å². The summed E-state index contributed by atoms with van der Waals surface area (Å²) in [7, 11) is 1.65. The first-order chi connectivity index (χ1) is 24.9. The van der Waals surface area contributed by atoms with Crippen molar-refractivity contribution in [3.63, 3.8) is 0 Å². The third-order valence-electron chi connectivity index (χ3n) is 10.3. The number of imide groups is 1. The number of benzene rings is 3. The van der Waals surface area contributed by atoms with E-state index in [0.717, 1.165) is 59.3 Å². The van der Waals surface area contributed by atoms with Crippen molar-refractivity contribution in [2.45, 2.75) is 76.9 Å². The van der Waals surface area contributed by atoms with Gasteiger partial charge in [-0.1, -0.05) is 80.1 Å². The molecule has 2 saturated heterocycles. The molecular weight excluding hydrogens is 644 g/mol. The number of anilines is 1. The number of carbonyl (C=O) groups excluding carboxylic acids is 2. The average Bonchev–Trinajstić information content (AvgIpc) is 3.78. The summed E-state index contributed by atoms with van der Waals surface area (Å²) >= 11 is 0. The summed E-state index contributed by atoms with van der Waals surface area (Å²) in [6, 6.07) is 25.9. The molecule has 2 aromatic heterocycles. The lowest BCUT2D eigenvalue weighted by Crippen LogP contribution is -2.45. The van der Waals surface area contributed by atoms with Gasteiger partial charge in [-0.2, -0.15) is 0 Å². The molecule has 4 heterocycles. The molecule has 10 heteroatoms.